The van der Waals surface area contributed by atoms with E-state index in [1.807, 2.05) is 41.0 Å². The van der Waals surface area contributed by atoms with Gasteiger partial charge in [-0.15, -0.1) is 10.2 Å². The molecular weight excluding hydrogens is 349 g/mol. The molecule has 1 fully saturated rings. The molecule has 0 N–H and O–H groups in total. The molecule has 0 amide bonds. The van der Waals surface area contributed by atoms with Gasteiger partial charge >= 0.3 is 0 Å². The highest BCUT2D eigenvalue weighted by Crippen LogP contribution is 2.30. The van der Waals surface area contributed by atoms with E-state index in [9.17, 15) is 4.39 Å². The maximum atomic E-state index is 14.3. The summed E-state index contributed by atoms with van der Waals surface area (Å²) in [6.07, 6.45) is 3.66. The predicted octanol–water partition coefficient (Wildman–Crippen LogP) is 4.73. The van der Waals surface area contributed by atoms with Crippen LogP contribution in [0.2, 0.25) is 0 Å². The molecule has 1 atom stereocenters. The Balaban J connectivity index is 1.69. The molecule has 1 aliphatic heterocycles. The van der Waals surface area contributed by atoms with Crippen molar-refractivity contribution in [3.63, 3.8) is 0 Å². The second kappa shape index (κ2) is 8.01. The highest BCUT2D eigenvalue weighted by atomic mass is 32.2. The zero-order valence-corrected chi connectivity index (χ0v) is 15.2. The first-order chi connectivity index (χ1) is 12.8. The Kier molecular flexibility index (Phi) is 5.32. The zero-order chi connectivity index (χ0) is 17.8. The number of ether oxygens (including phenoxy) is 1. The van der Waals surface area contributed by atoms with E-state index in [0.29, 0.717) is 11.4 Å². The zero-order valence-electron chi connectivity index (χ0n) is 14.3. The minimum absolute atomic E-state index is 0.242. The van der Waals surface area contributed by atoms with Crippen molar-refractivity contribution in [1.29, 1.82) is 0 Å². The third-order valence-electron chi connectivity index (χ3n) is 4.43. The summed E-state index contributed by atoms with van der Waals surface area (Å²) in [6, 6.07) is 16.5. The van der Waals surface area contributed by atoms with Crippen LogP contribution in [0, 0.1) is 5.82 Å². The summed E-state index contributed by atoms with van der Waals surface area (Å²) in [7, 11) is 0. The molecule has 1 saturated heterocycles. The molecule has 4 nitrogen and oxygen atoms in total. The average Bonchev–Trinajstić information content (AvgIpc) is 3.12. The number of nitrogens with zero attached hydrogens (tertiary/aromatic N) is 3. The molecule has 6 heteroatoms. The molecule has 0 aliphatic carbocycles. The SMILES string of the molecule is Fc1ccccc1-c1nnc(SC[C@@H]2CCCCO2)n1-c1ccccc1. The van der Waals surface area contributed by atoms with Crippen molar-refractivity contribution in [1.82, 2.24) is 14.8 Å². The molecule has 0 bridgehead atoms. The third kappa shape index (κ3) is 3.66. The fourth-order valence-corrected chi connectivity index (χ4v) is 4.11. The molecule has 2 aromatic carbocycles. The Bertz CT molecular complexity index is 863. The van der Waals surface area contributed by atoms with Gasteiger partial charge in [0.05, 0.1) is 11.7 Å². The van der Waals surface area contributed by atoms with Crippen molar-refractivity contribution in [3.8, 4) is 17.1 Å². The predicted molar refractivity (Wildman–Crippen MR) is 101 cm³/mol. The van der Waals surface area contributed by atoms with Gasteiger partial charge in [0, 0.05) is 18.0 Å². The topological polar surface area (TPSA) is 39.9 Å². The molecule has 2 heterocycles. The van der Waals surface area contributed by atoms with Crippen LogP contribution in [-0.4, -0.2) is 33.2 Å². The lowest BCUT2D eigenvalue weighted by molar-refractivity contribution is 0.0315. The summed E-state index contributed by atoms with van der Waals surface area (Å²) in [5, 5.41) is 9.40. The summed E-state index contributed by atoms with van der Waals surface area (Å²) in [5.41, 5.74) is 1.37. The fourth-order valence-electron chi connectivity index (χ4n) is 3.10. The van der Waals surface area contributed by atoms with Crippen LogP contribution < -0.4 is 0 Å². The van der Waals surface area contributed by atoms with Crippen molar-refractivity contribution in [2.75, 3.05) is 12.4 Å². The number of hydrogen-bond donors (Lipinski definition) is 0. The van der Waals surface area contributed by atoms with Gasteiger partial charge in [-0.3, -0.25) is 4.57 Å². The highest BCUT2D eigenvalue weighted by Gasteiger charge is 2.21. The lowest BCUT2D eigenvalue weighted by Crippen LogP contribution is -2.21. The standard InChI is InChI=1S/C20H20FN3OS/c21-18-12-5-4-11-17(18)19-22-23-20(24(19)15-8-2-1-3-9-15)26-14-16-10-6-7-13-25-16/h1-5,8-9,11-12,16H,6-7,10,13-14H2/t16-/m0/s1. The van der Waals surface area contributed by atoms with Gasteiger partial charge in [0.15, 0.2) is 11.0 Å². The van der Waals surface area contributed by atoms with Crippen LogP contribution in [-0.2, 0) is 4.74 Å². The normalized spacial score (nSPS) is 17.3. The molecule has 0 radical (unpaired) electrons. The van der Waals surface area contributed by atoms with Gasteiger partial charge in [-0.2, -0.15) is 0 Å². The largest absolute Gasteiger partial charge is 0.377 e. The number of hydrogen-bond acceptors (Lipinski definition) is 4. The first kappa shape index (κ1) is 17.2. The van der Waals surface area contributed by atoms with Crippen LogP contribution in [0.4, 0.5) is 4.39 Å². The van der Waals surface area contributed by atoms with Crippen LogP contribution in [0.3, 0.4) is 0 Å². The van der Waals surface area contributed by atoms with Gasteiger partial charge in [0.2, 0.25) is 0 Å². The summed E-state index contributed by atoms with van der Waals surface area (Å²) < 4.78 is 22.1. The summed E-state index contributed by atoms with van der Waals surface area (Å²) in [4.78, 5) is 0. The molecule has 4 rings (SSSR count). The van der Waals surface area contributed by atoms with Gasteiger partial charge in [0.1, 0.15) is 5.82 Å². The molecule has 26 heavy (non-hydrogen) atoms. The molecular formula is C20H20FN3OS. The first-order valence-electron chi connectivity index (χ1n) is 8.83. The minimum Gasteiger partial charge on any atom is -0.377 e. The van der Waals surface area contributed by atoms with Crippen molar-refractivity contribution in [3.05, 3.63) is 60.4 Å². The van der Waals surface area contributed by atoms with E-state index in [0.717, 1.165) is 36.0 Å². The van der Waals surface area contributed by atoms with Gasteiger partial charge in [-0.1, -0.05) is 42.1 Å². The Labute approximate surface area is 156 Å². The highest BCUT2D eigenvalue weighted by molar-refractivity contribution is 7.99. The molecule has 0 saturated carbocycles. The number of para-hydroxylation sites is 1. The molecule has 134 valence electrons. The average molecular weight is 369 g/mol. The quantitative estimate of drug-likeness (QED) is 0.609. The van der Waals surface area contributed by atoms with Crippen LogP contribution >= 0.6 is 11.8 Å². The van der Waals surface area contributed by atoms with E-state index in [-0.39, 0.29) is 11.9 Å². The summed E-state index contributed by atoms with van der Waals surface area (Å²) >= 11 is 1.61. The number of thioether (sulfide) groups is 1. The van der Waals surface area contributed by atoms with Crippen molar-refractivity contribution >= 4 is 11.8 Å². The smallest absolute Gasteiger partial charge is 0.196 e. The number of benzene rings is 2. The monoisotopic (exact) mass is 369 g/mol. The van der Waals surface area contributed by atoms with Gasteiger partial charge in [0.25, 0.3) is 0 Å². The Morgan fingerprint density at radius 2 is 1.85 bits per heavy atom. The van der Waals surface area contributed by atoms with Crippen molar-refractivity contribution in [2.45, 2.75) is 30.5 Å². The third-order valence-corrected chi connectivity index (χ3v) is 5.50. The van der Waals surface area contributed by atoms with E-state index in [1.54, 1.807) is 23.9 Å². The van der Waals surface area contributed by atoms with E-state index < -0.39 is 0 Å². The van der Waals surface area contributed by atoms with Crippen LogP contribution in [0.15, 0.2) is 59.8 Å². The second-order valence-electron chi connectivity index (χ2n) is 6.26. The van der Waals surface area contributed by atoms with E-state index in [1.165, 1.54) is 12.5 Å². The minimum atomic E-state index is -0.302. The van der Waals surface area contributed by atoms with Gasteiger partial charge in [-0.25, -0.2) is 4.39 Å². The Morgan fingerprint density at radius 1 is 1.04 bits per heavy atom. The van der Waals surface area contributed by atoms with E-state index in [2.05, 4.69) is 10.2 Å². The summed E-state index contributed by atoms with van der Waals surface area (Å²) in [5.74, 6) is 1.04. The molecule has 0 unspecified atom stereocenters. The lowest BCUT2D eigenvalue weighted by Gasteiger charge is -2.22. The Hall–Kier alpha value is -2.18. The van der Waals surface area contributed by atoms with Crippen LogP contribution in [0.5, 0.6) is 0 Å². The first-order valence-corrected chi connectivity index (χ1v) is 9.81. The Morgan fingerprint density at radius 3 is 2.62 bits per heavy atom. The van der Waals surface area contributed by atoms with Gasteiger partial charge < -0.3 is 4.74 Å². The molecule has 3 aromatic rings. The maximum Gasteiger partial charge on any atom is 0.196 e. The number of aromatic nitrogens is 3. The van der Waals surface area contributed by atoms with Gasteiger partial charge in [-0.05, 0) is 43.5 Å². The maximum absolute atomic E-state index is 14.3. The lowest BCUT2D eigenvalue weighted by atomic mass is 10.1. The van der Waals surface area contributed by atoms with Crippen LogP contribution in [0.25, 0.3) is 17.1 Å². The second-order valence-corrected chi connectivity index (χ2v) is 7.24. The van der Waals surface area contributed by atoms with Crippen molar-refractivity contribution in [2.24, 2.45) is 0 Å². The van der Waals surface area contributed by atoms with Crippen LogP contribution in [0.1, 0.15) is 19.3 Å². The number of halogens is 1. The number of rotatable bonds is 5. The molecule has 0 spiro atoms. The fraction of sp³-hybridized carbons (Fsp3) is 0.300. The van der Waals surface area contributed by atoms with E-state index >= 15 is 0 Å². The van der Waals surface area contributed by atoms with Crippen molar-refractivity contribution < 1.29 is 9.13 Å². The molecule has 1 aliphatic rings. The molecule has 1 aromatic heterocycles. The van der Waals surface area contributed by atoms with E-state index in [4.69, 9.17) is 4.74 Å². The summed E-state index contributed by atoms with van der Waals surface area (Å²) in [6.45, 7) is 0.830.